The number of imidazole rings is 1. The molecule has 102 valence electrons. The van der Waals surface area contributed by atoms with Crippen LogP contribution in [0.3, 0.4) is 0 Å². The molecule has 0 unspecified atom stereocenters. The number of benzene rings is 2. The van der Waals surface area contributed by atoms with Crippen molar-refractivity contribution < 1.29 is 4.79 Å². The fourth-order valence-electron chi connectivity index (χ4n) is 2.53. The molecule has 2 aromatic carbocycles. The maximum atomic E-state index is 12.2. The Morgan fingerprint density at radius 2 is 1.90 bits per heavy atom. The Labute approximate surface area is 120 Å². The molecule has 1 heterocycles. The molecule has 0 fully saturated rings. The van der Waals surface area contributed by atoms with E-state index < -0.39 is 0 Å². The Kier molecular flexibility index (Phi) is 2.57. The van der Waals surface area contributed by atoms with Gasteiger partial charge in [0.25, 0.3) is 0 Å². The average Bonchev–Trinajstić information content (AvgIpc) is 3.07. The van der Waals surface area contributed by atoms with Gasteiger partial charge >= 0.3 is 0 Å². The summed E-state index contributed by atoms with van der Waals surface area (Å²) < 4.78 is 0. The molecule has 1 aliphatic rings. The summed E-state index contributed by atoms with van der Waals surface area (Å²) in [6.45, 7) is 0. The fourth-order valence-corrected chi connectivity index (χ4v) is 2.53. The number of carbonyl (C=O) groups excluding carboxylic acids is 1. The van der Waals surface area contributed by atoms with Crippen LogP contribution in [-0.4, -0.2) is 21.5 Å². The molecular weight excluding hydrogens is 264 g/mol. The molecule has 5 heteroatoms. The molecule has 0 saturated carbocycles. The van der Waals surface area contributed by atoms with Crippen LogP contribution >= 0.6 is 0 Å². The van der Waals surface area contributed by atoms with E-state index in [1.54, 1.807) is 0 Å². The number of anilines is 1. The molecule has 0 radical (unpaired) electrons. The molecule has 3 aromatic rings. The van der Waals surface area contributed by atoms with E-state index in [1.807, 2.05) is 48.5 Å². The van der Waals surface area contributed by atoms with Gasteiger partial charge in [0, 0.05) is 12.0 Å². The van der Waals surface area contributed by atoms with E-state index in [-0.39, 0.29) is 5.78 Å². The number of Topliss-reactive ketones (excluding diaryl/α,β-unsaturated/α-hetero) is 1. The summed E-state index contributed by atoms with van der Waals surface area (Å²) in [7, 11) is 0. The summed E-state index contributed by atoms with van der Waals surface area (Å²) in [5.74, 6) is 0.515. The SMILES string of the molecule is O=C1/C(=N\Nc2nc3ccccc3[nH]2)Cc2ccccc21. The quantitative estimate of drug-likeness (QED) is 0.707. The highest BCUT2D eigenvalue weighted by molar-refractivity contribution is 6.49. The second-order valence-electron chi connectivity index (χ2n) is 4.94. The van der Waals surface area contributed by atoms with Crippen LogP contribution in [0.2, 0.25) is 0 Å². The van der Waals surface area contributed by atoms with Gasteiger partial charge in [-0.1, -0.05) is 36.4 Å². The van der Waals surface area contributed by atoms with Gasteiger partial charge in [-0.25, -0.2) is 10.4 Å². The van der Waals surface area contributed by atoms with E-state index >= 15 is 0 Å². The first-order valence-corrected chi connectivity index (χ1v) is 6.71. The lowest BCUT2D eigenvalue weighted by Crippen LogP contribution is -2.10. The molecular formula is C16H12N4O. The number of nitrogens with zero attached hydrogens (tertiary/aromatic N) is 2. The predicted octanol–water partition coefficient (Wildman–Crippen LogP) is 2.77. The van der Waals surface area contributed by atoms with Gasteiger partial charge < -0.3 is 4.98 Å². The molecule has 0 saturated heterocycles. The largest absolute Gasteiger partial charge is 0.323 e. The molecule has 1 aliphatic carbocycles. The van der Waals surface area contributed by atoms with Gasteiger partial charge in [-0.05, 0) is 17.7 Å². The number of ketones is 1. The van der Waals surface area contributed by atoms with E-state index in [0.29, 0.717) is 18.1 Å². The number of aromatic nitrogens is 2. The summed E-state index contributed by atoms with van der Waals surface area (Å²) in [6.07, 6.45) is 0.558. The molecule has 0 amide bonds. The van der Waals surface area contributed by atoms with Crippen molar-refractivity contribution in [2.75, 3.05) is 5.43 Å². The van der Waals surface area contributed by atoms with Gasteiger partial charge in [0.05, 0.1) is 11.0 Å². The maximum Gasteiger partial charge on any atom is 0.222 e. The average molecular weight is 276 g/mol. The van der Waals surface area contributed by atoms with E-state index in [1.165, 1.54) is 0 Å². The van der Waals surface area contributed by atoms with Crippen LogP contribution in [0.25, 0.3) is 11.0 Å². The van der Waals surface area contributed by atoms with Crippen molar-refractivity contribution in [2.45, 2.75) is 6.42 Å². The highest BCUT2D eigenvalue weighted by atomic mass is 16.1. The minimum Gasteiger partial charge on any atom is -0.323 e. The van der Waals surface area contributed by atoms with Crippen molar-refractivity contribution in [3.63, 3.8) is 0 Å². The Morgan fingerprint density at radius 1 is 1.10 bits per heavy atom. The van der Waals surface area contributed by atoms with Crippen molar-refractivity contribution in [1.82, 2.24) is 9.97 Å². The Morgan fingerprint density at radius 3 is 2.76 bits per heavy atom. The lowest BCUT2D eigenvalue weighted by molar-refractivity contribution is 0.106. The third-order valence-corrected chi connectivity index (χ3v) is 3.57. The van der Waals surface area contributed by atoms with Crippen LogP contribution in [0.4, 0.5) is 5.95 Å². The molecule has 21 heavy (non-hydrogen) atoms. The lowest BCUT2D eigenvalue weighted by Gasteiger charge is -1.96. The third kappa shape index (κ3) is 1.99. The molecule has 2 N–H and O–H groups in total. The highest BCUT2D eigenvalue weighted by Gasteiger charge is 2.25. The monoisotopic (exact) mass is 276 g/mol. The number of hydrogen-bond acceptors (Lipinski definition) is 4. The minimum absolute atomic E-state index is 0.0192. The molecule has 0 atom stereocenters. The Hall–Kier alpha value is -2.95. The van der Waals surface area contributed by atoms with Crippen molar-refractivity contribution in [1.29, 1.82) is 0 Å². The van der Waals surface area contributed by atoms with Gasteiger partial charge in [-0.3, -0.25) is 4.79 Å². The number of aromatic amines is 1. The van der Waals surface area contributed by atoms with E-state index in [0.717, 1.165) is 22.2 Å². The van der Waals surface area contributed by atoms with Gasteiger partial charge in [0.15, 0.2) is 0 Å². The molecule has 4 rings (SSSR count). The van der Waals surface area contributed by atoms with Gasteiger partial charge in [0.1, 0.15) is 5.71 Å². The molecule has 1 aromatic heterocycles. The minimum atomic E-state index is -0.0192. The maximum absolute atomic E-state index is 12.2. The highest BCUT2D eigenvalue weighted by Crippen LogP contribution is 2.20. The summed E-state index contributed by atoms with van der Waals surface area (Å²) in [5.41, 5.74) is 6.91. The smallest absolute Gasteiger partial charge is 0.222 e. The van der Waals surface area contributed by atoms with E-state index in [4.69, 9.17) is 0 Å². The number of fused-ring (bicyclic) bond motifs is 2. The van der Waals surface area contributed by atoms with Crippen LogP contribution < -0.4 is 5.43 Å². The topological polar surface area (TPSA) is 70.1 Å². The van der Waals surface area contributed by atoms with Crippen LogP contribution in [-0.2, 0) is 6.42 Å². The first kappa shape index (κ1) is 11.8. The summed E-state index contributed by atoms with van der Waals surface area (Å²) in [6, 6.07) is 15.3. The standard InChI is InChI=1S/C16H12N4O/c21-15-11-6-2-1-5-10(11)9-14(15)19-20-16-17-12-7-3-4-8-13(12)18-16/h1-8H,9H2,(H2,17,18,20)/b19-14-. The summed E-state index contributed by atoms with van der Waals surface area (Å²) in [4.78, 5) is 19.7. The molecule has 0 bridgehead atoms. The third-order valence-electron chi connectivity index (χ3n) is 3.57. The number of carbonyl (C=O) groups is 1. The predicted molar refractivity (Wildman–Crippen MR) is 81.6 cm³/mol. The fraction of sp³-hybridized carbons (Fsp3) is 0.0625. The second-order valence-corrected chi connectivity index (χ2v) is 4.94. The van der Waals surface area contributed by atoms with Crippen molar-refractivity contribution in [2.24, 2.45) is 5.10 Å². The number of hydrogen-bond donors (Lipinski definition) is 2. The zero-order chi connectivity index (χ0) is 14.2. The van der Waals surface area contributed by atoms with Crippen molar-refractivity contribution in [3.05, 3.63) is 59.7 Å². The van der Waals surface area contributed by atoms with E-state index in [9.17, 15) is 4.79 Å². The molecule has 0 spiro atoms. The van der Waals surface area contributed by atoms with Gasteiger partial charge in [-0.15, -0.1) is 0 Å². The van der Waals surface area contributed by atoms with Crippen LogP contribution in [0.1, 0.15) is 15.9 Å². The van der Waals surface area contributed by atoms with Crippen LogP contribution in [0.15, 0.2) is 53.6 Å². The van der Waals surface area contributed by atoms with Gasteiger partial charge in [-0.2, -0.15) is 5.10 Å². The number of hydrazone groups is 1. The molecule has 5 nitrogen and oxygen atoms in total. The normalized spacial score (nSPS) is 15.6. The lowest BCUT2D eigenvalue weighted by atomic mass is 10.1. The van der Waals surface area contributed by atoms with Crippen LogP contribution in [0.5, 0.6) is 0 Å². The Bertz CT molecular complexity index is 846. The van der Waals surface area contributed by atoms with Crippen molar-refractivity contribution >= 4 is 28.5 Å². The zero-order valence-electron chi connectivity index (χ0n) is 11.1. The zero-order valence-corrected chi connectivity index (χ0v) is 11.1. The number of para-hydroxylation sites is 2. The molecule has 0 aliphatic heterocycles. The first-order valence-electron chi connectivity index (χ1n) is 6.71. The summed E-state index contributed by atoms with van der Waals surface area (Å²) >= 11 is 0. The first-order chi connectivity index (χ1) is 10.3. The van der Waals surface area contributed by atoms with Crippen molar-refractivity contribution in [3.8, 4) is 0 Å². The van der Waals surface area contributed by atoms with E-state index in [2.05, 4.69) is 20.5 Å². The number of H-pyrrole nitrogens is 1. The summed E-state index contributed by atoms with van der Waals surface area (Å²) in [5, 5.41) is 4.21. The van der Waals surface area contributed by atoms with Crippen LogP contribution in [0, 0.1) is 0 Å². The van der Waals surface area contributed by atoms with Gasteiger partial charge in [0.2, 0.25) is 11.7 Å². The Balaban J connectivity index is 1.61. The number of nitrogens with one attached hydrogen (secondary N) is 2. The number of rotatable bonds is 2. The second kappa shape index (κ2) is 4.56.